The van der Waals surface area contributed by atoms with Gasteiger partial charge in [0.05, 0.1) is 5.52 Å². The van der Waals surface area contributed by atoms with Gasteiger partial charge in [-0.1, -0.05) is 11.6 Å². The molecule has 0 bridgehead atoms. The van der Waals surface area contributed by atoms with Crippen LogP contribution in [0.3, 0.4) is 0 Å². The molecule has 0 spiro atoms. The fourth-order valence-corrected chi connectivity index (χ4v) is 3.62. The molecule has 3 nitrogen and oxygen atoms in total. The predicted molar refractivity (Wildman–Crippen MR) is 88.7 cm³/mol. The van der Waals surface area contributed by atoms with Crippen LogP contribution < -0.4 is 5.73 Å². The molecule has 1 aromatic heterocycles. The van der Waals surface area contributed by atoms with E-state index >= 15 is 0 Å². The second-order valence-corrected chi connectivity index (χ2v) is 7.18. The van der Waals surface area contributed by atoms with Crippen molar-refractivity contribution in [3.8, 4) is 0 Å². The van der Waals surface area contributed by atoms with Gasteiger partial charge in [-0.15, -0.1) is 0 Å². The molecule has 0 radical (unpaired) electrons. The lowest BCUT2D eigenvalue weighted by molar-refractivity contribution is 0.306. The third-order valence-corrected chi connectivity index (χ3v) is 4.45. The quantitative estimate of drug-likeness (QED) is 0.878. The van der Waals surface area contributed by atoms with Gasteiger partial charge in [0.1, 0.15) is 0 Å². The highest BCUT2D eigenvalue weighted by atomic mass is 35.5. The Morgan fingerprint density at radius 1 is 1.33 bits per heavy atom. The Morgan fingerprint density at radius 3 is 2.71 bits per heavy atom. The van der Waals surface area contributed by atoms with Gasteiger partial charge >= 0.3 is 0 Å². The summed E-state index contributed by atoms with van der Waals surface area (Å²) in [6.45, 7) is 8.14. The lowest BCUT2D eigenvalue weighted by atomic mass is 9.84. The minimum absolute atomic E-state index is 0.416. The number of benzene rings is 1. The maximum absolute atomic E-state index is 6.50. The van der Waals surface area contributed by atoms with Crippen LogP contribution in [-0.4, -0.2) is 23.5 Å². The lowest BCUT2D eigenvalue weighted by Gasteiger charge is -2.32. The van der Waals surface area contributed by atoms with Gasteiger partial charge in [-0.3, -0.25) is 4.98 Å². The normalized spacial score (nSPS) is 16.3. The molecule has 2 aromatic rings. The maximum Gasteiger partial charge on any atom is 0.0739 e. The summed E-state index contributed by atoms with van der Waals surface area (Å²) in [6, 6.07) is 3.99. The van der Waals surface area contributed by atoms with Gasteiger partial charge in [-0.05, 0) is 56.6 Å². The Hall–Kier alpha value is -1.16. The number of halogens is 1. The van der Waals surface area contributed by atoms with E-state index in [-0.39, 0.29) is 0 Å². The summed E-state index contributed by atoms with van der Waals surface area (Å²) in [5.74, 6) is 0. The average Bonchev–Trinajstić information content (AvgIpc) is 2.34. The summed E-state index contributed by atoms with van der Waals surface area (Å²) in [4.78, 5) is 7.25. The number of aryl methyl sites for hydroxylation is 1. The Morgan fingerprint density at radius 2 is 2.05 bits per heavy atom. The molecular formula is C17H22ClN3. The van der Waals surface area contributed by atoms with Crippen LogP contribution in [0.2, 0.25) is 5.02 Å². The van der Waals surface area contributed by atoms with Gasteiger partial charge in [0, 0.05) is 41.2 Å². The maximum atomic E-state index is 6.50. The van der Waals surface area contributed by atoms with Crippen LogP contribution in [-0.2, 0) is 18.5 Å². The molecule has 2 heterocycles. The summed E-state index contributed by atoms with van der Waals surface area (Å²) in [7, 11) is 2.14. The molecule has 112 valence electrons. The number of nitrogens with zero attached hydrogens (tertiary/aromatic N) is 2. The molecule has 2 N–H and O–H groups in total. The van der Waals surface area contributed by atoms with Crippen LogP contribution in [0.15, 0.2) is 12.1 Å². The van der Waals surface area contributed by atoms with Crippen LogP contribution in [0, 0.1) is 6.92 Å². The summed E-state index contributed by atoms with van der Waals surface area (Å²) < 4.78 is 0. The van der Waals surface area contributed by atoms with Crippen molar-refractivity contribution in [2.45, 2.75) is 39.3 Å². The summed E-state index contributed by atoms with van der Waals surface area (Å²) in [5, 5.41) is 1.85. The largest absolute Gasteiger partial charge is 0.322 e. The molecule has 3 rings (SSSR count). The van der Waals surface area contributed by atoms with Crippen LogP contribution in [0.4, 0.5) is 0 Å². The van der Waals surface area contributed by atoms with Crippen molar-refractivity contribution in [1.29, 1.82) is 0 Å². The minimum atomic E-state index is -0.416. The van der Waals surface area contributed by atoms with Crippen LogP contribution in [0.25, 0.3) is 10.9 Å². The highest BCUT2D eigenvalue weighted by Crippen LogP contribution is 2.36. The molecular weight excluding hydrogens is 282 g/mol. The van der Waals surface area contributed by atoms with E-state index in [0.29, 0.717) is 0 Å². The zero-order chi connectivity index (χ0) is 15.4. The third-order valence-electron chi connectivity index (χ3n) is 4.23. The van der Waals surface area contributed by atoms with Gasteiger partial charge in [0.2, 0.25) is 0 Å². The molecule has 4 heteroatoms. The fourth-order valence-electron chi connectivity index (χ4n) is 3.34. The van der Waals surface area contributed by atoms with Crippen molar-refractivity contribution in [1.82, 2.24) is 9.88 Å². The molecule has 21 heavy (non-hydrogen) atoms. The van der Waals surface area contributed by atoms with E-state index in [4.69, 9.17) is 22.3 Å². The number of pyridine rings is 1. The number of nitrogens with two attached hydrogens (primary N) is 1. The first kappa shape index (κ1) is 14.8. The van der Waals surface area contributed by atoms with E-state index in [1.807, 2.05) is 12.1 Å². The number of aromatic nitrogens is 1. The second kappa shape index (κ2) is 4.94. The SMILES string of the molecule is Cc1cc(Cl)cc2c(C(C)(C)N)c3c(nc12)CCN(C)C3. The van der Waals surface area contributed by atoms with Crippen molar-refractivity contribution in [2.24, 2.45) is 5.73 Å². The van der Waals surface area contributed by atoms with Gasteiger partial charge in [0.25, 0.3) is 0 Å². The zero-order valence-electron chi connectivity index (χ0n) is 13.1. The monoisotopic (exact) mass is 303 g/mol. The van der Waals surface area contributed by atoms with Gasteiger partial charge in [-0.2, -0.15) is 0 Å². The number of rotatable bonds is 1. The van der Waals surface area contributed by atoms with E-state index in [2.05, 4.69) is 32.7 Å². The van der Waals surface area contributed by atoms with Crippen molar-refractivity contribution >= 4 is 22.5 Å². The Bertz CT molecular complexity index is 716. The summed E-state index contributed by atoms with van der Waals surface area (Å²) in [6.07, 6.45) is 0.979. The highest BCUT2D eigenvalue weighted by Gasteiger charge is 2.28. The minimum Gasteiger partial charge on any atom is -0.322 e. The van der Waals surface area contributed by atoms with Crippen molar-refractivity contribution in [2.75, 3.05) is 13.6 Å². The van der Waals surface area contributed by atoms with Crippen LogP contribution in [0.1, 0.15) is 36.2 Å². The smallest absolute Gasteiger partial charge is 0.0739 e. The Kier molecular flexibility index (Phi) is 3.47. The number of hydrogen-bond donors (Lipinski definition) is 1. The van der Waals surface area contributed by atoms with E-state index in [1.54, 1.807) is 0 Å². The number of hydrogen-bond acceptors (Lipinski definition) is 3. The molecule has 0 aliphatic carbocycles. The fraction of sp³-hybridized carbons (Fsp3) is 0.471. The van der Waals surface area contributed by atoms with Gasteiger partial charge in [-0.25, -0.2) is 0 Å². The molecule has 0 unspecified atom stereocenters. The Labute approximate surface area is 131 Å². The summed E-state index contributed by atoms with van der Waals surface area (Å²) >= 11 is 6.28. The van der Waals surface area contributed by atoms with E-state index in [1.165, 1.54) is 16.8 Å². The molecule has 1 aliphatic rings. The van der Waals surface area contributed by atoms with Crippen LogP contribution in [0.5, 0.6) is 0 Å². The molecule has 1 aromatic carbocycles. The third kappa shape index (κ3) is 2.54. The molecule has 0 fully saturated rings. The van der Waals surface area contributed by atoms with Crippen molar-refractivity contribution in [3.63, 3.8) is 0 Å². The predicted octanol–water partition coefficient (Wildman–Crippen LogP) is 3.38. The first-order valence-electron chi connectivity index (χ1n) is 7.37. The van der Waals surface area contributed by atoms with Crippen molar-refractivity contribution < 1.29 is 0 Å². The molecule has 0 atom stereocenters. The standard InChI is InChI=1S/C17H22ClN3/c1-10-7-11(18)8-12-15(17(2,3)19)13-9-21(4)6-5-14(13)20-16(10)12/h7-8H,5-6,9,19H2,1-4H3. The zero-order valence-corrected chi connectivity index (χ0v) is 13.9. The lowest BCUT2D eigenvalue weighted by Crippen LogP contribution is -2.35. The topological polar surface area (TPSA) is 42.1 Å². The molecule has 0 saturated carbocycles. The first-order chi connectivity index (χ1) is 9.77. The molecule has 0 saturated heterocycles. The van der Waals surface area contributed by atoms with Crippen molar-refractivity contribution in [3.05, 3.63) is 39.5 Å². The highest BCUT2D eigenvalue weighted by molar-refractivity contribution is 6.31. The van der Waals surface area contributed by atoms with E-state index in [9.17, 15) is 0 Å². The van der Waals surface area contributed by atoms with E-state index < -0.39 is 5.54 Å². The molecule has 1 aliphatic heterocycles. The Balaban J connectivity index is 2.43. The number of fused-ring (bicyclic) bond motifs is 2. The summed E-state index contributed by atoms with van der Waals surface area (Å²) in [5.41, 5.74) is 11.9. The first-order valence-corrected chi connectivity index (χ1v) is 7.74. The number of likely N-dealkylation sites (N-methyl/N-ethyl adjacent to an activating group) is 1. The van der Waals surface area contributed by atoms with Gasteiger partial charge < -0.3 is 10.6 Å². The second-order valence-electron chi connectivity index (χ2n) is 6.74. The van der Waals surface area contributed by atoms with Gasteiger partial charge in [0.15, 0.2) is 0 Å². The average molecular weight is 304 g/mol. The van der Waals surface area contributed by atoms with Crippen LogP contribution >= 0.6 is 11.6 Å². The molecule has 0 amide bonds. The van der Waals surface area contributed by atoms with E-state index in [0.717, 1.165) is 41.0 Å².